The van der Waals surface area contributed by atoms with Crippen LogP contribution in [0.4, 0.5) is 11.4 Å². The second-order valence-corrected chi connectivity index (χ2v) is 5.35. The summed E-state index contributed by atoms with van der Waals surface area (Å²) in [5.74, 6) is 0.911. The number of ether oxygens (including phenoxy) is 3. The Labute approximate surface area is 152 Å². The minimum atomic E-state index is -0.373. The van der Waals surface area contributed by atoms with Crippen molar-refractivity contribution in [1.29, 1.82) is 0 Å². The van der Waals surface area contributed by atoms with Crippen molar-refractivity contribution < 1.29 is 19.0 Å². The number of thiocarbonyl (C=S) groups is 1. The summed E-state index contributed by atoms with van der Waals surface area (Å²) in [5.41, 5.74) is 1.83. The number of benzene rings is 2. The van der Waals surface area contributed by atoms with Crippen LogP contribution in [0, 0.1) is 0 Å². The van der Waals surface area contributed by atoms with E-state index < -0.39 is 0 Å². The van der Waals surface area contributed by atoms with Crippen LogP contribution in [-0.4, -0.2) is 31.9 Å². The molecule has 0 fully saturated rings. The predicted molar refractivity (Wildman–Crippen MR) is 102 cm³/mol. The van der Waals surface area contributed by atoms with Gasteiger partial charge in [0.25, 0.3) is 0 Å². The molecule has 0 radical (unpaired) electrons. The van der Waals surface area contributed by atoms with Gasteiger partial charge in [-0.15, -0.1) is 0 Å². The molecule has 0 aromatic heterocycles. The van der Waals surface area contributed by atoms with E-state index in [1.807, 2.05) is 6.07 Å². The van der Waals surface area contributed by atoms with Gasteiger partial charge in [0.05, 0.1) is 32.1 Å². The SMILES string of the molecule is CCOC(=O)c1cccc(NC(=S)Nc2ccc(OC)cc2OC)c1. The quantitative estimate of drug-likeness (QED) is 0.601. The van der Waals surface area contributed by atoms with Crippen molar-refractivity contribution in [2.24, 2.45) is 0 Å². The first kappa shape index (κ1) is 18.5. The molecule has 2 N–H and O–H groups in total. The minimum Gasteiger partial charge on any atom is -0.497 e. The molecule has 2 rings (SSSR count). The van der Waals surface area contributed by atoms with Crippen molar-refractivity contribution in [3.8, 4) is 11.5 Å². The van der Waals surface area contributed by atoms with E-state index in [0.717, 1.165) is 0 Å². The standard InChI is InChI=1S/C18H20N2O4S/c1-4-24-17(21)12-6-5-7-13(10-12)19-18(25)20-15-9-8-14(22-2)11-16(15)23-3/h5-11H,4H2,1-3H3,(H2,19,20,25). The maximum Gasteiger partial charge on any atom is 0.338 e. The van der Waals surface area contributed by atoms with E-state index in [1.54, 1.807) is 57.5 Å². The number of hydrogen-bond donors (Lipinski definition) is 2. The summed E-state index contributed by atoms with van der Waals surface area (Å²) < 4.78 is 15.5. The second-order valence-electron chi connectivity index (χ2n) is 4.95. The van der Waals surface area contributed by atoms with Crippen molar-refractivity contribution in [2.75, 3.05) is 31.5 Å². The summed E-state index contributed by atoms with van der Waals surface area (Å²) in [6, 6.07) is 12.3. The maximum atomic E-state index is 11.8. The summed E-state index contributed by atoms with van der Waals surface area (Å²) in [6.07, 6.45) is 0. The molecule has 0 unspecified atom stereocenters. The average Bonchev–Trinajstić information content (AvgIpc) is 2.62. The van der Waals surface area contributed by atoms with Gasteiger partial charge >= 0.3 is 5.97 Å². The van der Waals surface area contributed by atoms with E-state index in [-0.39, 0.29) is 5.97 Å². The van der Waals surface area contributed by atoms with E-state index in [9.17, 15) is 4.79 Å². The average molecular weight is 360 g/mol. The lowest BCUT2D eigenvalue weighted by Gasteiger charge is -2.14. The first-order valence-corrected chi connectivity index (χ1v) is 8.05. The number of nitrogens with one attached hydrogen (secondary N) is 2. The second kappa shape index (κ2) is 8.89. The van der Waals surface area contributed by atoms with Gasteiger partial charge in [-0.05, 0) is 49.5 Å². The van der Waals surface area contributed by atoms with Gasteiger partial charge in [0.15, 0.2) is 5.11 Å². The smallest absolute Gasteiger partial charge is 0.338 e. The van der Waals surface area contributed by atoms with Gasteiger partial charge in [-0.25, -0.2) is 4.79 Å². The summed E-state index contributed by atoms with van der Waals surface area (Å²) in [6.45, 7) is 2.09. The molecule has 0 aliphatic rings. The van der Waals surface area contributed by atoms with Crippen LogP contribution in [0.25, 0.3) is 0 Å². The number of rotatable bonds is 6. The Balaban J connectivity index is 2.08. The molecule has 2 aromatic rings. The van der Waals surface area contributed by atoms with Gasteiger partial charge in [0.1, 0.15) is 11.5 Å². The Bertz CT molecular complexity index is 764. The van der Waals surface area contributed by atoms with Gasteiger partial charge in [-0.1, -0.05) is 6.07 Å². The lowest BCUT2D eigenvalue weighted by Crippen LogP contribution is -2.19. The van der Waals surface area contributed by atoms with Crippen LogP contribution >= 0.6 is 12.2 Å². The number of carbonyl (C=O) groups is 1. The normalized spacial score (nSPS) is 9.88. The fourth-order valence-electron chi connectivity index (χ4n) is 2.12. The molecular formula is C18H20N2O4S. The zero-order valence-corrected chi connectivity index (χ0v) is 15.1. The number of methoxy groups -OCH3 is 2. The van der Waals surface area contributed by atoms with Crippen LogP contribution in [0.5, 0.6) is 11.5 Å². The zero-order valence-electron chi connectivity index (χ0n) is 14.3. The van der Waals surface area contributed by atoms with Gasteiger partial charge in [-0.2, -0.15) is 0 Å². The molecule has 0 saturated heterocycles. The van der Waals surface area contributed by atoms with E-state index in [0.29, 0.717) is 40.2 Å². The van der Waals surface area contributed by atoms with Crippen molar-refractivity contribution in [1.82, 2.24) is 0 Å². The molecule has 0 saturated carbocycles. The monoisotopic (exact) mass is 360 g/mol. The van der Waals surface area contributed by atoms with E-state index in [2.05, 4.69) is 10.6 Å². The highest BCUT2D eigenvalue weighted by molar-refractivity contribution is 7.80. The number of hydrogen-bond acceptors (Lipinski definition) is 5. The Morgan fingerprint density at radius 3 is 2.56 bits per heavy atom. The largest absolute Gasteiger partial charge is 0.497 e. The highest BCUT2D eigenvalue weighted by Gasteiger charge is 2.09. The van der Waals surface area contributed by atoms with Crippen molar-refractivity contribution in [3.05, 3.63) is 48.0 Å². The van der Waals surface area contributed by atoms with Crippen LogP contribution in [-0.2, 0) is 4.74 Å². The van der Waals surface area contributed by atoms with Crippen LogP contribution in [0.2, 0.25) is 0 Å². The topological polar surface area (TPSA) is 68.8 Å². The summed E-state index contributed by atoms with van der Waals surface area (Å²) >= 11 is 5.32. The van der Waals surface area contributed by atoms with Crippen LogP contribution in [0.15, 0.2) is 42.5 Å². The predicted octanol–water partition coefficient (Wildman–Crippen LogP) is 3.69. The van der Waals surface area contributed by atoms with Gasteiger partial charge < -0.3 is 24.8 Å². The fourth-order valence-corrected chi connectivity index (χ4v) is 2.35. The fraction of sp³-hybridized carbons (Fsp3) is 0.222. The Morgan fingerprint density at radius 1 is 1.08 bits per heavy atom. The molecule has 0 aliphatic carbocycles. The van der Waals surface area contributed by atoms with E-state index >= 15 is 0 Å². The van der Waals surface area contributed by atoms with Crippen molar-refractivity contribution >= 4 is 34.7 Å². The lowest BCUT2D eigenvalue weighted by molar-refractivity contribution is 0.0526. The molecule has 0 amide bonds. The third-order valence-electron chi connectivity index (χ3n) is 3.29. The van der Waals surface area contributed by atoms with Crippen molar-refractivity contribution in [2.45, 2.75) is 6.92 Å². The Kier molecular flexibility index (Phi) is 6.59. The number of carbonyl (C=O) groups excluding carboxylic acids is 1. The van der Waals surface area contributed by atoms with Gasteiger partial charge in [0, 0.05) is 11.8 Å². The van der Waals surface area contributed by atoms with Crippen molar-refractivity contribution in [3.63, 3.8) is 0 Å². The maximum absolute atomic E-state index is 11.8. The van der Waals surface area contributed by atoms with Crippen LogP contribution in [0.3, 0.4) is 0 Å². The Morgan fingerprint density at radius 2 is 1.88 bits per heavy atom. The molecule has 2 aromatic carbocycles. The molecule has 0 atom stereocenters. The number of anilines is 2. The Hall–Kier alpha value is -2.80. The molecular weight excluding hydrogens is 340 g/mol. The van der Waals surface area contributed by atoms with Gasteiger partial charge in [-0.3, -0.25) is 0 Å². The van der Waals surface area contributed by atoms with Crippen LogP contribution in [0.1, 0.15) is 17.3 Å². The molecule has 7 heteroatoms. The zero-order chi connectivity index (χ0) is 18.2. The van der Waals surface area contributed by atoms with E-state index in [1.165, 1.54) is 0 Å². The molecule has 0 spiro atoms. The molecule has 6 nitrogen and oxygen atoms in total. The molecule has 132 valence electrons. The molecule has 0 aliphatic heterocycles. The first-order valence-electron chi connectivity index (χ1n) is 7.64. The van der Waals surface area contributed by atoms with Crippen LogP contribution < -0.4 is 20.1 Å². The van der Waals surface area contributed by atoms with Gasteiger partial charge in [0.2, 0.25) is 0 Å². The molecule has 0 bridgehead atoms. The highest BCUT2D eigenvalue weighted by atomic mass is 32.1. The molecule has 0 heterocycles. The summed E-state index contributed by atoms with van der Waals surface area (Å²) in [5, 5.41) is 6.46. The lowest BCUT2D eigenvalue weighted by atomic mass is 10.2. The molecule has 25 heavy (non-hydrogen) atoms. The minimum absolute atomic E-state index is 0.327. The third kappa shape index (κ3) is 5.09. The highest BCUT2D eigenvalue weighted by Crippen LogP contribution is 2.29. The first-order chi connectivity index (χ1) is 12.1. The number of esters is 1. The summed E-state index contributed by atoms with van der Waals surface area (Å²) in [7, 11) is 3.16. The third-order valence-corrected chi connectivity index (χ3v) is 3.49. The van der Waals surface area contributed by atoms with E-state index in [4.69, 9.17) is 26.4 Å². The summed E-state index contributed by atoms with van der Waals surface area (Å²) in [4.78, 5) is 11.8.